The molecule has 0 aliphatic carbocycles. The minimum Gasteiger partial charge on any atom is -0.113 e. The molecule has 0 aliphatic rings. The van der Waals surface area contributed by atoms with E-state index < -0.39 is 0 Å². The third-order valence-corrected chi connectivity index (χ3v) is 5.58. The van der Waals surface area contributed by atoms with Crippen molar-refractivity contribution < 1.29 is 0 Å². The van der Waals surface area contributed by atoms with Crippen molar-refractivity contribution in [2.75, 3.05) is 0 Å². The largest absolute Gasteiger partial charge is 0.113 e. The molecule has 0 saturated carbocycles. The molecule has 0 radical (unpaired) electrons. The SMILES string of the molecule is Cc1cc(C)c(C)c(C(Cl)c2cc(Br)ccc2Br)c1C. The van der Waals surface area contributed by atoms with E-state index in [1.165, 1.54) is 27.8 Å². The van der Waals surface area contributed by atoms with E-state index in [2.05, 4.69) is 71.7 Å². The summed E-state index contributed by atoms with van der Waals surface area (Å²) in [7, 11) is 0. The number of hydrogen-bond donors (Lipinski definition) is 0. The van der Waals surface area contributed by atoms with Crippen LogP contribution >= 0.6 is 43.5 Å². The standard InChI is InChI=1S/C17H17Br2Cl/c1-9-7-10(2)12(4)16(11(9)3)17(20)14-8-13(18)5-6-15(14)19/h5-8,17H,1-4H3. The second-order valence-corrected chi connectivity index (χ2v) is 7.41. The van der Waals surface area contributed by atoms with Gasteiger partial charge in [-0.3, -0.25) is 0 Å². The van der Waals surface area contributed by atoms with Crippen molar-refractivity contribution in [3.05, 3.63) is 66.6 Å². The Morgan fingerprint density at radius 1 is 0.900 bits per heavy atom. The molecule has 0 amide bonds. The lowest BCUT2D eigenvalue weighted by molar-refractivity contribution is 1.04. The van der Waals surface area contributed by atoms with Crippen LogP contribution in [0, 0.1) is 27.7 Å². The lowest BCUT2D eigenvalue weighted by atomic mass is 9.90. The van der Waals surface area contributed by atoms with Gasteiger partial charge in [0.05, 0.1) is 5.38 Å². The van der Waals surface area contributed by atoms with Gasteiger partial charge in [0.2, 0.25) is 0 Å². The Bertz CT molecular complexity index is 636. The summed E-state index contributed by atoms with van der Waals surface area (Å²) in [6.45, 7) is 8.59. The van der Waals surface area contributed by atoms with Crippen LogP contribution in [-0.4, -0.2) is 0 Å². The van der Waals surface area contributed by atoms with Crippen LogP contribution in [0.15, 0.2) is 33.2 Å². The Balaban J connectivity index is 2.65. The normalized spacial score (nSPS) is 12.6. The average molecular weight is 417 g/mol. The van der Waals surface area contributed by atoms with E-state index in [-0.39, 0.29) is 5.38 Å². The molecule has 0 saturated heterocycles. The zero-order valence-electron chi connectivity index (χ0n) is 12.0. The minimum absolute atomic E-state index is 0.152. The monoisotopic (exact) mass is 414 g/mol. The van der Waals surface area contributed by atoms with Crippen LogP contribution in [-0.2, 0) is 0 Å². The van der Waals surface area contributed by atoms with Crippen LogP contribution < -0.4 is 0 Å². The van der Waals surface area contributed by atoms with Crippen LogP contribution in [0.3, 0.4) is 0 Å². The number of aryl methyl sites for hydroxylation is 2. The molecule has 0 N–H and O–H groups in total. The van der Waals surface area contributed by atoms with Crippen molar-refractivity contribution in [2.45, 2.75) is 33.1 Å². The summed E-state index contributed by atoms with van der Waals surface area (Å²) < 4.78 is 2.08. The van der Waals surface area contributed by atoms with Crippen LogP contribution in [0.2, 0.25) is 0 Å². The van der Waals surface area contributed by atoms with Gasteiger partial charge in [-0.2, -0.15) is 0 Å². The Hall–Kier alpha value is -0.310. The number of hydrogen-bond acceptors (Lipinski definition) is 0. The second kappa shape index (κ2) is 6.21. The fourth-order valence-electron chi connectivity index (χ4n) is 2.49. The molecule has 0 aromatic heterocycles. The molecule has 1 unspecified atom stereocenters. The van der Waals surface area contributed by atoms with Crippen molar-refractivity contribution in [3.8, 4) is 0 Å². The molecule has 0 spiro atoms. The molecular weight excluding hydrogens is 399 g/mol. The van der Waals surface area contributed by atoms with Crippen molar-refractivity contribution >= 4 is 43.5 Å². The highest BCUT2D eigenvalue weighted by molar-refractivity contribution is 9.11. The van der Waals surface area contributed by atoms with E-state index >= 15 is 0 Å². The number of alkyl halides is 1. The van der Waals surface area contributed by atoms with Gasteiger partial charge in [0, 0.05) is 8.95 Å². The van der Waals surface area contributed by atoms with E-state index in [1.807, 2.05) is 12.1 Å². The minimum atomic E-state index is -0.152. The first-order chi connectivity index (χ1) is 9.32. The molecule has 0 heterocycles. The summed E-state index contributed by atoms with van der Waals surface area (Å²) in [5.41, 5.74) is 7.46. The van der Waals surface area contributed by atoms with Crippen LogP contribution in [0.25, 0.3) is 0 Å². The summed E-state index contributed by atoms with van der Waals surface area (Å²) >= 11 is 13.9. The van der Waals surface area contributed by atoms with E-state index in [4.69, 9.17) is 11.6 Å². The van der Waals surface area contributed by atoms with Gasteiger partial charge < -0.3 is 0 Å². The highest BCUT2D eigenvalue weighted by Gasteiger charge is 2.20. The average Bonchev–Trinajstić information content (AvgIpc) is 2.39. The maximum Gasteiger partial charge on any atom is 0.0852 e. The Morgan fingerprint density at radius 2 is 1.45 bits per heavy atom. The van der Waals surface area contributed by atoms with Crippen molar-refractivity contribution in [1.82, 2.24) is 0 Å². The predicted molar refractivity (Wildman–Crippen MR) is 94.9 cm³/mol. The van der Waals surface area contributed by atoms with Gasteiger partial charge in [0.1, 0.15) is 0 Å². The molecule has 2 aromatic rings. The molecule has 2 rings (SSSR count). The fourth-order valence-corrected chi connectivity index (χ4v) is 3.99. The molecule has 106 valence electrons. The highest BCUT2D eigenvalue weighted by Crippen LogP contribution is 2.39. The summed E-state index contributed by atoms with van der Waals surface area (Å²) in [6, 6.07) is 8.35. The van der Waals surface area contributed by atoms with E-state index in [0.717, 1.165) is 14.5 Å². The van der Waals surface area contributed by atoms with Crippen LogP contribution in [0.1, 0.15) is 38.8 Å². The Morgan fingerprint density at radius 3 is 2.00 bits per heavy atom. The molecule has 0 aliphatic heterocycles. The molecule has 3 heteroatoms. The van der Waals surface area contributed by atoms with Gasteiger partial charge in [-0.1, -0.05) is 37.9 Å². The van der Waals surface area contributed by atoms with Crippen LogP contribution in [0.5, 0.6) is 0 Å². The summed E-state index contributed by atoms with van der Waals surface area (Å²) in [5.74, 6) is 0. The number of halogens is 3. The van der Waals surface area contributed by atoms with Gasteiger partial charge in [0.15, 0.2) is 0 Å². The Labute approximate surface area is 142 Å². The first-order valence-electron chi connectivity index (χ1n) is 6.49. The molecular formula is C17H17Br2Cl. The summed E-state index contributed by atoms with van der Waals surface area (Å²) in [4.78, 5) is 0. The Kier molecular flexibility index (Phi) is 4.99. The number of rotatable bonds is 2. The van der Waals surface area contributed by atoms with Crippen molar-refractivity contribution in [3.63, 3.8) is 0 Å². The molecule has 2 aromatic carbocycles. The first kappa shape index (κ1) is 16.1. The lowest BCUT2D eigenvalue weighted by Gasteiger charge is -2.21. The summed E-state index contributed by atoms with van der Waals surface area (Å²) in [6.07, 6.45) is 0. The second-order valence-electron chi connectivity index (χ2n) is 5.20. The van der Waals surface area contributed by atoms with Crippen LogP contribution in [0.4, 0.5) is 0 Å². The lowest BCUT2D eigenvalue weighted by Crippen LogP contribution is -2.04. The van der Waals surface area contributed by atoms with Crippen molar-refractivity contribution in [1.29, 1.82) is 0 Å². The zero-order chi connectivity index (χ0) is 15.0. The molecule has 0 fully saturated rings. The fraction of sp³-hybridized carbons (Fsp3) is 0.294. The third-order valence-electron chi connectivity index (χ3n) is 3.91. The topological polar surface area (TPSA) is 0 Å². The van der Waals surface area contributed by atoms with E-state index in [0.29, 0.717) is 0 Å². The molecule has 1 atom stereocenters. The third kappa shape index (κ3) is 2.98. The van der Waals surface area contributed by atoms with E-state index in [9.17, 15) is 0 Å². The number of benzene rings is 2. The smallest absolute Gasteiger partial charge is 0.0852 e. The molecule has 0 nitrogen and oxygen atoms in total. The van der Waals surface area contributed by atoms with Crippen molar-refractivity contribution in [2.24, 2.45) is 0 Å². The first-order valence-corrected chi connectivity index (χ1v) is 8.51. The van der Waals surface area contributed by atoms with Gasteiger partial charge in [-0.25, -0.2) is 0 Å². The predicted octanol–water partition coefficient (Wildman–Crippen LogP) is 6.77. The molecule has 0 bridgehead atoms. The van der Waals surface area contributed by atoms with Gasteiger partial charge in [0.25, 0.3) is 0 Å². The quantitative estimate of drug-likeness (QED) is 0.474. The van der Waals surface area contributed by atoms with Gasteiger partial charge >= 0.3 is 0 Å². The van der Waals surface area contributed by atoms with Gasteiger partial charge in [-0.15, -0.1) is 11.6 Å². The van der Waals surface area contributed by atoms with Gasteiger partial charge in [-0.05, 0) is 79.3 Å². The highest BCUT2D eigenvalue weighted by atomic mass is 79.9. The summed E-state index contributed by atoms with van der Waals surface area (Å²) in [5, 5.41) is -0.152. The maximum atomic E-state index is 6.81. The van der Waals surface area contributed by atoms with E-state index in [1.54, 1.807) is 0 Å². The molecule has 20 heavy (non-hydrogen) atoms. The maximum absolute atomic E-state index is 6.81. The zero-order valence-corrected chi connectivity index (χ0v) is 15.9.